The van der Waals surface area contributed by atoms with Gasteiger partial charge in [-0.05, 0) is 18.1 Å². The molecule has 0 saturated carbocycles. The van der Waals surface area contributed by atoms with E-state index in [2.05, 4.69) is 16.0 Å². The third-order valence-electron chi connectivity index (χ3n) is 3.86. The Hall–Kier alpha value is -1.73. The van der Waals surface area contributed by atoms with E-state index in [0.717, 1.165) is 25.2 Å². The number of carbonyl (C=O) groups is 2. The van der Waals surface area contributed by atoms with Crippen LogP contribution >= 0.6 is 12.4 Å². The van der Waals surface area contributed by atoms with Crippen molar-refractivity contribution in [3.05, 3.63) is 35.4 Å². The second-order valence-electron chi connectivity index (χ2n) is 6.06. The zero-order valence-corrected chi connectivity index (χ0v) is 14.4. The van der Waals surface area contributed by atoms with Crippen molar-refractivity contribution in [1.29, 1.82) is 0 Å². The SMILES string of the molecule is CC(C)[C@H](NC(=O)c1c(F)cccc1F)C(=O)NCC1CNC1.Cl. The summed E-state index contributed by atoms with van der Waals surface area (Å²) in [6, 6.07) is 2.34. The summed E-state index contributed by atoms with van der Waals surface area (Å²) in [6.45, 7) is 5.72. The predicted molar refractivity (Wildman–Crippen MR) is 89.1 cm³/mol. The van der Waals surface area contributed by atoms with Gasteiger partial charge in [-0.15, -0.1) is 12.4 Å². The van der Waals surface area contributed by atoms with Crippen molar-refractivity contribution in [3.63, 3.8) is 0 Å². The quantitative estimate of drug-likeness (QED) is 0.718. The minimum absolute atomic E-state index is 0. The van der Waals surface area contributed by atoms with Gasteiger partial charge in [0.1, 0.15) is 23.2 Å². The zero-order valence-electron chi connectivity index (χ0n) is 13.6. The standard InChI is InChI=1S/C16H21F2N3O2.ClH/c1-9(2)14(16(23)20-8-10-6-19-7-10)21-15(22)13-11(17)4-3-5-12(13)18;/h3-5,9-10,14,19H,6-8H2,1-2H3,(H,20,23)(H,21,22);1H/t14-;/m0./s1. The first-order chi connectivity index (χ1) is 10.9. The van der Waals surface area contributed by atoms with Crippen LogP contribution in [-0.2, 0) is 4.79 Å². The highest BCUT2D eigenvalue weighted by atomic mass is 35.5. The molecule has 2 rings (SSSR count). The summed E-state index contributed by atoms with van der Waals surface area (Å²) >= 11 is 0. The molecule has 0 aliphatic carbocycles. The van der Waals surface area contributed by atoms with Crippen LogP contribution in [0.15, 0.2) is 18.2 Å². The van der Waals surface area contributed by atoms with Gasteiger partial charge < -0.3 is 16.0 Å². The third kappa shape index (κ3) is 4.88. The lowest BCUT2D eigenvalue weighted by atomic mass is 10.0. The van der Waals surface area contributed by atoms with Crippen LogP contribution in [0, 0.1) is 23.5 Å². The number of hydrogen-bond donors (Lipinski definition) is 3. The number of halogens is 3. The minimum Gasteiger partial charge on any atom is -0.354 e. The van der Waals surface area contributed by atoms with Crippen LogP contribution in [0.3, 0.4) is 0 Å². The van der Waals surface area contributed by atoms with Crippen molar-refractivity contribution in [2.24, 2.45) is 11.8 Å². The molecule has 1 aliphatic rings. The highest BCUT2D eigenvalue weighted by Crippen LogP contribution is 2.13. The van der Waals surface area contributed by atoms with Gasteiger partial charge in [0.15, 0.2) is 0 Å². The zero-order chi connectivity index (χ0) is 17.0. The molecule has 2 amide bonds. The summed E-state index contributed by atoms with van der Waals surface area (Å²) in [5.41, 5.74) is -0.672. The van der Waals surface area contributed by atoms with E-state index in [-0.39, 0.29) is 24.2 Å². The molecule has 0 radical (unpaired) electrons. The summed E-state index contributed by atoms with van der Waals surface area (Å²) in [5.74, 6) is -3.02. The Balaban J connectivity index is 0.00000288. The lowest BCUT2D eigenvalue weighted by Crippen LogP contribution is -2.54. The van der Waals surface area contributed by atoms with Crippen LogP contribution in [0.5, 0.6) is 0 Å². The Bertz CT molecular complexity index is 574. The van der Waals surface area contributed by atoms with Crippen molar-refractivity contribution in [3.8, 4) is 0 Å². The van der Waals surface area contributed by atoms with Crippen molar-refractivity contribution in [2.45, 2.75) is 19.9 Å². The number of benzene rings is 1. The van der Waals surface area contributed by atoms with Gasteiger partial charge in [-0.2, -0.15) is 0 Å². The molecule has 1 aromatic rings. The summed E-state index contributed by atoms with van der Waals surface area (Å²) in [6.07, 6.45) is 0. The van der Waals surface area contributed by atoms with Gasteiger partial charge in [-0.25, -0.2) is 8.78 Å². The molecular weight excluding hydrogens is 340 g/mol. The molecule has 24 heavy (non-hydrogen) atoms. The second-order valence-corrected chi connectivity index (χ2v) is 6.06. The van der Waals surface area contributed by atoms with E-state index in [1.54, 1.807) is 13.8 Å². The number of amides is 2. The average molecular weight is 362 g/mol. The molecule has 1 saturated heterocycles. The second kappa shape index (κ2) is 8.94. The Morgan fingerprint density at radius 3 is 2.29 bits per heavy atom. The fourth-order valence-corrected chi connectivity index (χ4v) is 2.31. The van der Waals surface area contributed by atoms with Gasteiger partial charge >= 0.3 is 0 Å². The molecule has 0 spiro atoms. The molecule has 1 atom stereocenters. The van der Waals surface area contributed by atoms with Crippen LogP contribution in [0.25, 0.3) is 0 Å². The summed E-state index contributed by atoms with van der Waals surface area (Å²) in [5, 5.41) is 8.30. The molecule has 0 unspecified atom stereocenters. The van der Waals surface area contributed by atoms with Gasteiger partial charge in [0, 0.05) is 25.6 Å². The highest BCUT2D eigenvalue weighted by Gasteiger charge is 2.28. The number of nitrogens with one attached hydrogen (secondary N) is 3. The molecule has 8 heteroatoms. The number of hydrogen-bond acceptors (Lipinski definition) is 3. The smallest absolute Gasteiger partial charge is 0.257 e. The normalized spacial score (nSPS) is 15.2. The van der Waals surface area contributed by atoms with Gasteiger partial charge in [-0.1, -0.05) is 19.9 Å². The first kappa shape index (κ1) is 20.3. The fraction of sp³-hybridized carbons (Fsp3) is 0.500. The van der Waals surface area contributed by atoms with E-state index in [1.807, 2.05) is 0 Å². The maximum absolute atomic E-state index is 13.7. The molecular formula is C16H22ClF2N3O2. The van der Waals surface area contributed by atoms with E-state index >= 15 is 0 Å². The van der Waals surface area contributed by atoms with E-state index in [9.17, 15) is 18.4 Å². The Labute approximate surface area is 146 Å². The van der Waals surface area contributed by atoms with E-state index in [0.29, 0.717) is 12.5 Å². The van der Waals surface area contributed by atoms with Crippen molar-refractivity contribution in [2.75, 3.05) is 19.6 Å². The molecule has 134 valence electrons. The maximum atomic E-state index is 13.7. The summed E-state index contributed by atoms with van der Waals surface area (Å²) in [4.78, 5) is 24.4. The third-order valence-corrected chi connectivity index (χ3v) is 3.86. The summed E-state index contributed by atoms with van der Waals surface area (Å²) < 4.78 is 27.3. The average Bonchev–Trinajstić information content (AvgIpc) is 2.42. The Morgan fingerprint density at radius 1 is 1.25 bits per heavy atom. The molecule has 3 N–H and O–H groups in total. The molecule has 0 aromatic heterocycles. The van der Waals surface area contributed by atoms with E-state index in [4.69, 9.17) is 0 Å². The van der Waals surface area contributed by atoms with Crippen molar-refractivity contribution < 1.29 is 18.4 Å². The largest absolute Gasteiger partial charge is 0.354 e. The highest BCUT2D eigenvalue weighted by molar-refractivity contribution is 5.98. The van der Waals surface area contributed by atoms with E-state index < -0.39 is 29.1 Å². The lowest BCUT2D eigenvalue weighted by molar-refractivity contribution is -0.124. The molecule has 1 heterocycles. The predicted octanol–water partition coefficient (Wildman–Crippen LogP) is 1.48. The van der Waals surface area contributed by atoms with Crippen LogP contribution in [0.4, 0.5) is 8.78 Å². The van der Waals surface area contributed by atoms with Crippen molar-refractivity contribution >= 4 is 24.2 Å². The van der Waals surface area contributed by atoms with Gasteiger partial charge in [-0.3, -0.25) is 9.59 Å². The van der Waals surface area contributed by atoms with Gasteiger partial charge in [0.2, 0.25) is 5.91 Å². The van der Waals surface area contributed by atoms with Crippen LogP contribution < -0.4 is 16.0 Å². The minimum atomic E-state index is -0.953. The van der Waals surface area contributed by atoms with Crippen LogP contribution in [0.1, 0.15) is 24.2 Å². The number of carbonyl (C=O) groups excluding carboxylic acids is 2. The monoisotopic (exact) mass is 361 g/mol. The molecule has 1 aromatic carbocycles. The Kier molecular flexibility index (Phi) is 7.57. The van der Waals surface area contributed by atoms with Crippen LogP contribution in [0.2, 0.25) is 0 Å². The van der Waals surface area contributed by atoms with Gasteiger partial charge in [0.05, 0.1) is 0 Å². The Morgan fingerprint density at radius 2 is 1.83 bits per heavy atom. The molecule has 1 fully saturated rings. The lowest BCUT2D eigenvalue weighted by Gasteiger charge is -2.29. The van der Waals surface area contributed by atoms with Crippen molar-refractivity contribution in [1.82, 2.24) is 16.0 Å². The maximum Gasteiger partial charge on any atom is 0.257 e. The topological polar surface area (TPSA) is 70.2 Å². The first-order valence-electron chi connectivity index (χ1n) is 7.63. The van der Waals surface area contributed by atoms with Crippen LogP contribution in [-0.4, -0.2) is 37.5 Å². The van der Waals surface area contributed by atoms with E-state index in [1.165, 1.54) is 6.07 Å². The molecule has 1 aliphatic heterocycles. The summed E-state index contributed by atoms with van der Waals surface area (Å²) in [7, 11) is 0. The fourth-order valence-electron chi connectivity index (χ4n) is 2.31. The first-order valence-corrected chi connectivity index (χ1v) is 7.63. The number of rotatable bonds is 6. The van der Waals surface area contributed by atoms with Gasteiger partial charge in [0.25, 0.3) is 5.91 Å². The molecule has 0 bridgehead atoms. The molecule has 5 nitrogen and oxygen atoms in total.